The molecule has 2 aliphatic heterocycles. The Morgan fingerprint density at radius 1 is 1.00 bits per heavy atom. The van der Waals surface area contributed by atoms with E-state index in [-0.39, 0.29) is 29.7 Å². The van der Waals surface area contributed by atoms with Gasteiger partial charge in [0.2, 0.25) is 12.3 Å². The lowest BCUT2D eigenvalue weighted by Crippen LogP contribution is -2.59. The highest BCUT2D eigenvalue weighted by molar-refractivity contribution is 5.90. The van der Waals surface area contributed by atoms with Crippen LogP contribution < -0.4 is 30.1 Å². The van der Waals surface area contributed by atoms with Crippen LogP contribution in [0.5, 0.6) is 11.5 Å². The number of methoxy groups -OCH3 is 2. The minimum absolute atomic E-state index is 0.00345. The Labute approximate surface area is 307 Å². The van der Waals surface area contributed by atoms with Crippen molar-refractivity contribution in [2.24, 2.45) is 12.5 Å². The number of amides is 2. The number of nitrogens with zero attached hydrogens (tertiary/aromatic N) is 5. The van der Waals surface area contributed by atoms with Crippen molar-refractivity contribution in [3.8, 4) is 22.6 Å². The second-order valence-electron chi connectivity index (χ2n) is 14.6. The maximum Gasteiger partial charge on any atom is 0.253 e. The summed E-state index contributed by atoms with van der Waals surface area (Å²) in [5.41, 5.74) is 7.54. The van der Waals surface area contributed by atoms with Gasteiger partial charge >= 0.3 is 0 Å². The summed E-state index contributed by atoms with van der Waals surface area (Å²) in [6.45, 7) is 9.23. The van der Waals surface area contributed by atoms with Crippen LogP contribution in [-0.4, -0.2) is 101 Å². The van der Waals surface area contributed by atoms with Gasteiger partial charge in [0.15, 0.2) is 0 Å². The van der Waals surface area contributed by atoms with E-state index in [0.29, 0.717) is 12.1 Å². The largest absolute Gasteiger partial charge is 0.496 e. The number of carbonyl (C=O) groups is 3. The molecular formula is C40H54N6O6. The molecule has 0 radical (unpaired) electrons. The number of likely N-dealkylation sites (tertiary alicyclic amines) is 2. The Hall–Kier alpha value is -4.68. The molecule has 1 N–H and O–H groups in total. The molecule has 3 aromatic rings. The molecule has 1 unspecified atom stereocenters. The SMILES string of the molecule is CNC(=O)CCC(C=O)N(C=O)c1cccc(CN2CC3(CCN(Cc4c(OC)cc(-c5cn(C)c(=O)c(C)c5C)cc4OC)CC3)C2)c1N(C)C. The van der Waals surface area contributed by atoms with Gasteiger partial charge in [-0.1, -0.05) is 12.1 Å². The topological polar surface area (TPSA) is 117 Å². The second kappa shape index (κ2) is 16.3. The molecule has 5 rings (SSSR count). The lowest BCUT2D eigenvalue weighted by molar-refractivity contribution is -0.121. The van der Waals surface area contributed by atoms with Gasteiger partial charge in [-0.2, -0.15) is 0 Å². The lowest BCUT2D eigenvalue weighted by Gasteiger charge is -2.54. The van der Waals surface area contributed by atoms with Crippen molar-refractivity contribution < 1.29 is 23.9 Å². The summed E-state index contributed by atoms with van der Waals surface area (Å²) in [7, 11) is 10.6. The summed E-state index contributed by atoms with van der Waals surface area (Å²) >= 11 is 0. The van der Waals surface area contributed by atoms with Crippen LogP contribution in [0.2, 0.25) is 0 Å². The van der Waals surface area contributed by atoms with Crippen molar-refractivity contribution in [2.75, 3.05) is 71.3 Å². The Bertz CT molecular complexity index is 1810. The fourth-order valence-electron chi connectivity index (χ4n) is 7.96. The number of ether oxygens (including phenoxy) is 2. The predicted octanol–water partition coefficient (Wildman–Crippen LogP) is 3.91. The summed E-state index contributed by atoms with van der Waals surface area (Å²) in [4.78, 5) is 57.2. The molecule has 0 saturated carbocycles. The minimum atomic E-state index is -0.743. The Balaban J connectivity index is 1.25. The summed E-state index contributed by atoms with van der Waals surface area (Å²) in [6.07, 6.45) is 5.89. The first kappa shape index (κ1) is 38.5. The highest BCUT2D eigenvalue weighted by atomic mass is 16.5. The number of hydrogen-bond donors (Lipinski definition) is 1. The zero-order chi connectivity index (χ0) is 37.7. The molecule has 2 fully saturated rings. The normalized spacial score (nSPS) is 16.2. The molecule has 280 valence electrons. The van der Waals surface area contributed by atoms with Crippen LogP contribution in [0.15, 0.2) is 41.3 Å². The molecule has 3 heterocycles. The van der Waals surface area contributed by atoms with E-state index in [0.717, 1.165) is 109 Å². The summed E-state index contributed by atoms with van der Waals surface area (Å²) in [5, 5.41) is 2.58. The standard InChI is InChI=1S/C40H54N6O6/c1-27-28(2)39(50)43(6)21-32(27)30-18-35(51-7)33(36(19-30)52-8)22-44-16-14-40(15-17-44)24-45(25-40)20-29-10-9-11-34(38(29)42(4)5)46(26-48)31(23-47)12-13-37(49)41-3/h9-11,18-19,21,23,26,31H,12-17,20,22,24-25H2,1-8H3,(H,41,49). The number of nitrogens with one attached hydrogen (secondary N) is 1. The Morgan fingerprint density at radius 2 is 1.65 bits per heavy atom. The zero-order valence-corrected chi connectivity index (χ0v) is 32.0. The molecule has 1 spiro atoms. The predicted molar refractivity (Wildman–Crippen MR) is 204 cm³/mol. The molecular weight excluding hydrogens is 660 g/mol. The minimum Gasteiger partial charge on any atom is -0.496 e. The molecule has 0 bridgehead atoms. The number of aryl methyl sites for hydroxylation is 1. The summed E-state index contributed by atoms with van der Waals surface area (Å²) in [5.74, 6) is 1.37. The van der Waals surface area contributed by atoms with Gasteiger partial charge in [-0.05, 0) is 86.5 Å². The van der Waals surface area contributed by atoms with E-state index >= 15 is 0 Å². The molecule has 12 heteroatoms. The van der Waals surface area contributed by atoms with Crippen molar-refractivity contribution in [1.29, 1.82) is 0 Å². The monoisotopic (exact) mass is 714 g/mol. The zero-order valence-electron chi connectivity index (χ0n) is 32.0. The van der Waals surface area contributed by atoms with E-state index in [2.05, 4.69) is 33.3 Å². The van der Waals surface area contributed by atoms with Gasteiger partial charge in [0.25, 0.3) is 5.56 Å². The van der Waals surface area contributed by atoms with Gasteiger partial charge in [0.1, 0.15) is 17.8 Å². The fraction of sp³-hybridized carbons (Fsp3) is 0.500. The molecule has 1 atom stereocenters. The number of benzene rings is 2. The van der Waals surface area contributed by atoms with Gasteiger partial charge < -0.3 is 34.0 Å². The number of rotatable bonds is 15. The second-order valence-corrected chi connectivity index (χ2v) is 14.6. The summed E-state index contributed by atoms with van der Waals surface area (Å²) < 4.78 is 13.5. The lowest BCUT2D eigenvalue weighted by atomic mass is 9.71. The maximum absolute atomic E-state index is 12.5. The first-order valence-corrected chi connectivity index (χ1v) is 17.9. The first-order valence-electron chi connectivity index (χ1n) is 17.9. The van der Waals surface area contributed by atoms with Gasteiger partial charge in [-0.15, -0.1) is 0 Å². The number of anilines is 2. The van der Waals surface area contributed by atoms with Crippen LogP contribution >= 0.6 is 0 Å². The van der Waals surface area contributed by atoms with Crippen molar-refractivity contribution in [3.63, 3.8) is 0 Å². The summed E-state index contributed by atoms with van der Waals surface area (Å²) in [6, 6.07) is 9.24. The number of aromatic nitrogens is 1. The van der Waals surface area contributed by atoms with Crippen LogP contribution in [0, 0.1) is 19.3 Å². The van der Waals surface area contributed by atoms with Crippen LogP contribution in [0.25, 0.3) is 11.1 Å². The quantitative estimate of drug-likeness (QED) is 0.234. The van der Waals surface area contributed by atoms with Crippen molar-refractivity contribution in [3.05, 3.63) is 69.1 Å². The van der Waals surface area contributed by atoms with Crippen LogP contribution in [0.4, 0.5) is 11.4 Å². The van der Waals surface area contributed by atoms with Crippen molar-refractivity contribution in [2.45, 2.75) is 58.7 Å². The van der Waals surface area contributed by atoms with Crippen LogP contribution in [-0.2, 0) is 34.5 Å². The van der Waals surface area contributed by atoms with E-state index in [1.807, 2.05) is 51.2 Å². The van der Waals surface area contributed by atoms with E-state index in [1.54, 1.807) is 32.9 Å². The average molecular weight is 715 g/mol. The highest BCUT2D eigenvalue weighted by Crippen LogP contribution is 2.44. The highest BCUT2D eigenvalue weighted by Gasteiger charge is 2.45. The Kier molecular flexibility index (Phi) is 12.1. The third-order valence-corrected chi connectivity index (χ3v) is 11.1. The number of pyridine rings is 1. The van der Waals surface area contributed by atoms with Gasteiger partial charge in [0.05, 0.1) is 37.2 Å². The van der Waals surface area contributed by atoms with E-state index in [4.69, 9.17) is 9.47 Å². The molecule has 2 aliphatic rings. The first-order chi connectivity index (χ1) is 24.9. The van der Waals surface area contributed by atoms with Gasteiger partial charge in [-0.25, -0.2) is 0 Å². The molecule has 12 nitrogen and oxygen atoms in total. The number of carbonyl (C=O) groups excluding carboxylic acids is 3. The van der Waals surface area contributed by atoms with E-state index < -0.39 is 6.04 Å². The molecule has 2 aromatic carbocycles. The number of aldehydes is 1. The average Bonchev–Trinajstić information content (AvgIpc) is 3.13. The fourth-order valence-corrected chi connectivity index (χ4v) is 7.96. The number of piperidine rings is 1. The van der Waals surface area contributed by atoms with E-state index in [1.165, 1.54) is 4.90 Å². The number of hydrogen-bond acceptors (Lipinski definition) is 9. The third-order valence-electron chi connectivity index (χ3n) is 11.1. The number of para-hydroxylation sites is 1. The smallest absolute Gasteiger partial charge is 0.253 e. The van der Waals surface area contributed by atoms with Crippen LogP contribution in [0.3, 0.4) is 0 Å². The Morgan fingerprint density at radius 3 is 2.21 bits per heavy atom. The molecule has 52 heavy (non-hydrogen) atoms. The maximum atomic E-state index is 12.5. The third kappa shape index (κ3) is 7.88. The van der Waals surface area contributed by atoms with Gasteiger partial charge in [0, 0.05) is 78.1 Å². The van der Waals surface area contributed by atoms with E-state index in [9.17, 15) is 19.2 Å². The molecule has 1 aromatic heterocycles. The van der Waals surface area contributed by atoms with Gasteiger partial charge in [-0.3, -0.25) is 24.2 Å². The molecule has 0 aliphatic carbocycles. The molecule has 2 amide bonds. The van der Waals surface area contributed by atoms with Crippen molar-refractivity contribution in [1.82, 2.24) is 19.7 Å². The molecule has 2 saturated heterocycles. The van der Waals surface area contributed by atoms with Crippen molar-refractivity contribution >= 4 is 30.0 Å². The van der Waals surface area contributed by atoms with Crippen LogP contribution in [0.1, 0.15) is 47.9 Å².